The first-order chi connectivity index (χ1) is 14.2. The van der Waals surface area contributed by atoms with Gasteiger partial charge >= 0.3 is 5.97 Å². The summed E-state index contributed by atoms with van der Waals surface area (Å²) in [6.45, 7) is 4.65. The average Bonchev–Trinajstić information content (AvgIpc) is 2.75. The molecule has 2 aliphatic rings. The molecule has 0 aliphatic carbocycles. The number of likely N-dealkylation sites (tertiary alicyclic amines) is 1. The monoisotopic (exact) mass is 431 g/mol. The van der Waals surface area contributed by atoms with Crippen molar-refractivity contribution in [3.63, 3.8) is 0 Å². The lowest BCUT2D eigenvalue weighted by molar-refractivity contribution is -0.146. The number of rotatable bonds is 7. The van der Waals surface area contributed by atoms with Gasteiger partial charge < -0.3 is 14.4 Å². The number of hydrogen-bond donors (Lipinski definition) is 0. The minimum absolute atomic E-state index is 0.249. The van der Waals surface area contributed by atoms with Gasteiger partial charge in [-0.05, 0) is 61.3 Å². The second-order valence-corrected chi connectivity index (χ2v) is 8.96. The fraction of sp³-hybridized carbons (Fsp3) is 0.435. The maximum atomic E-state index is 13.0. The van der Waals surface area contributed by atoms with Crippen molar-refractivity contribution in [2.45, 2.75) is 35.0 Å². The van der Waals surface area contributed by atoms with Gasteiger partial charge in [-0.15, -0.1) is 0 Å². The minimum atomic E-state index is -0.450. The smallest absolute Gasteiger partial charge is 0.318 e. The van der Waals surface area contributed by atoms with Crippen LogP contribution in [0.25, 0.3) is 0 Å². The second kappa shape index (κ2) is 9.98. The molecule has 1 atom stereocenters. The Labute approximate surface area is 181 Å². The average molecular weight is 432 g/mol. The Morgan fingerprint density at radius 3 is 2.66 bits per heavy atom. The normalized spacial score (nSPS) is 18.7. The summed E-state index contributed by atoms with van der Waals surface area (Å²) in [5.41, 5.74) is 1.89. The summed E-state index contributed by atoms with van der Waals surface area (Å²) >= 11 is 7.88. The molecule has 0 N–H and O–H groups in total. The largest absolute Gasteiger partial charge is 0.463 e. The van der Waals surface area contributed by atoms with Crippen molar-refractivity contribution >= 4 is 29.3 Å². The number of piperidine rings is 1. The van der Waals surface area contributed by atoms with Crippen LogP contribution in [0.2, 0.25) is 5.02 Å². The van der Waals surface area contributed by atoms with Crippen molar-refractivity contribution in [1.29, 1.82) is 0 Å². The van der Waals surface area contributed by atoms with Crippen molar-refractivity contribution in [2.24, 2.45) is 0 Å². The van der Waals surface area contributed by atoms with Crippen LogP contribution in [0.3, 0.4) is 0 Å². The standard InChI is InChI=1S/C23H26ClNO3S/c24-17-8-9-21-19(16-17)22(18-6-2-3-7-20(18)29-21)23(26)28-15-14-27-13-12-25-10-4-1-5-11-25/h2-3,6-9,16,22H,1,4-5,10-15H2/t22-/m1/s1. The molecule has 29 heavy (non-hydrogen) atoms. The summed E-state index contributed by atoms with van der Waals surface area (Å²) in [5, 5.41) is 0.627. The van der Waals surface area contributed by atoms with E-state index in [1.807, 2.05) is 42.5 Å². The molecule has 0 aromatic heterocycles. The molecule has 4 rings (SSSR count). The van der Waals surface area contributed by atoms with Crippen molar-refractivity contribution in [3.05, 3.63) is 58.6 Å². The number of nitrogens with zero attached hydrogens (tertiary/aromatic N) is 1. The van der Waals surface area contributed by atoms with Crippen LogP contribution in [-0.4, -0.2) is 50.3 Å². The highest BCUT2D eigenvalue weighted by atomic mass is 35.5. The number of benzene rings is 2. The Bertz CT molecular complexity index is 854. The van der Waals surface area contributed by atoms with E-state index >= 15 is 0 Å². The summed E-state index contributed by atoms with van der Waals surface area (Å²) in [4.78, 5) is 17.5. The van der Waals surface area contributed by atoms with Crippen LogP contribution in [-0.2, 0) is 14.3 Å². The fourth-order valence-corrected chi connectivity index (χ4v) is 5.25. The predicted molar refractivity (Wildman–Crippen MR) is 116 cm³/mol. The molecule has 0 unspecified atom stereocenters. The highest BCUT2D eigenvalue weighted by Crippen LogP contribution is 2.46. The third-order valence-corrected chi connectivity index (χ3v) is 6.86. The van der Waals surface area contributed by atoms with Crippen molar-refractivity contribution in [2.75, 3.05) is 39.5 Å². The van der Waals surface area contributed by atoms with Crippen molar-refractivity contribution in [1.82, 2.24) is 4.90 Å². The van der Waals surface area contributed by atoms with E-state index in [-0.39, 0.29) is 12.6 Å². The lowest BCUT2D eigenvalue weighted by Crippen LogP contribution is -2.33. The molecule has 1 saturated heterocycles. The molecular formula is C23H26ClNO3S. The zero-order chi connectivity index (χ0) is 20.1. The van der Waals surface area contributed by atoms with E-state index < -0.39 is 5.92 Å². The molecule has 154 valence electrons. The molecular weight excluding hydrogens is 406 g/mol. The zero-order valence-corrected chi connectivity index (χ0v) is 18.0. The third-order valence-electron chi connectivity index (χ3n) is 5.44. The van der Waals surface area contributed by atoms with Gasteiger partial charge in [-0.2, -0.15) is 0 Å². The Morgan fingerprint density at radius 2 is 1.79 bits per heavy atom. The molecule has 0 amide bonds. The van der Waals surface area contributed by atoms with Gasteiger partial charge in [0, 0.05) is 21.4 Å². The van der Waals surface area contributed by atoms with Gasteiger partial charge in [0.2, 0.25) is 0 Å². The molecule has 2 aromatic rings. The topological polar surface area (TPSA) is 38.8 Å². The van der Waals surface area contributed by atoms with Crippen LogP contribution in [0.1, 0.15) is 36.3 Å². The highest BCUT2D eigenvalue weighted by molar-refractivity contribution is 7.99. The molecule has 2 aliphatic heterocycles. The lowest BCUT2D eigenvalue weighted by Gasteiger charge is -2.27. The highest BCUT2D eigenvalue weighted by Gasteiger charge is 2.32. The van der Waals surface area contributed by atoms with Crippen LogP contribution >= 0.6 is 23.4 Å². The van der Waals surface area contributed by atoms with Gasteiger partial charge in [-0.1, -0.05) is 48.0 Å². The van der Waals surface area contributed by atoms with Crippen LogP contribution in [0.15, 0.2) is 52.3 Å². The minimum Gasteiger partial charge on any atom is -0.463 e. The van der Waals surface area contributed by atoms with Gasteiger partial charge in [0.25, 0.3) is 0 Å². The number of hydrogen-bond acceptors (Lipinski definition) is 5. The van der Waals surface area contributed by atoms with Gasteiger partial charge in [-0.3, -0.25) is 4.79 Å². The molecule has 4 nitrogen and oxygen atoms in total. The number of carbonyl (C=O) groups is 1. The number of ether oxygens (including phenoxy) is 2. The SMILES string of the molecule is O=C(OCCOCCN1CCCCC1)[C@@H]1c2ccccc2Sc2ccc(Cl)cc21. The van der Waals surface area contributed by atoms with E-state index in [1.54, 1.807) is 11.8 Å². The molecule has 0 saturated carbocycles. The van der Waals surface area contributed by atoms with E-state index in [2.05, 4.69) is 4.90 Å². The summed E-state index contributed by atoms with van der Waals surface area (Å²) in [6, 6.07) is 13.7. The van der Waals surface area contributed by atoms with Gasteiger partial charge in [0.1, 0.15) is 12.5 Å². The molecule has 0 spiro atoms. The third kappa shape index (κ3) is 5.15. The molecule has 2 aromatic carbocycles. The van der Waals surface area contributed by atoms with Gasteiger partial charge in [0.15, 0.2) is 0 Å². The second-order valence-electron chi connectivity index (χ2n) is 7.44. The van der Waals surface area contributed by atoms with Crippen LogP contribution in [0.5, 0.6) is 0 Å². The zero-order valence-electron chi connectivity index (χ0n) is 16.4. The fourth-order valence-electron chi connectivity index (χ4n) is 3.95. The Kier molecular flexibility index (Phi) is 7.14. The number of esters is 1. The first kappa shape index (κ1) is 20.7. The summed E-state index contributed by atoms with van der Waals surface area (Å²) in [7, 11) is 0. The summed E-state index contributed by atoms with van der Waals surface area (Å²) in [6.07, 6.45) is 3.90. The Hall–Kier alpha value is -1.53. The first-order valence-corrected chi connectivity index (χ1v) is 11.4. The van der Waals surface area contributed by atoms with E-state index in [9.17, 15) is 4.79 Å². The first-order valence-electron chi connectivity index (χ1n) is 10.3. The molecule has 0 bridgehead atoms. The van der Waals surface area contributed by atoms with Gasteiger partial charge in [0.05, 0.1) is 13.2 Å². The van der Waals surface area contributed by atoms with Crippen LogP contribution in [0.4, 0.5) is 0 Å². The lowest BCUT2D eigenvalue weighted by atomic mass is 9.90. The van der Waals surface area contributed by atoms with E-state index in [1.165, 1.54) is 32.4 Å². The number of carbonyl (C=O) groups excluding carboxylic acids is 1. The van der Waals surface area contributed by atoms with Crippen LogP contribution < -0.4 is 0 Å². The van der Waals surface area contributed by atoms with Gasteiger partial charge in [-0.25, -0.2) is 0 Å². The van der Waals surface area contributed by atoms with E-state index in [0.717, 1.165) is 27.5 Å². The van der Waals surface area contributed by atoms with E-state index in [0.29, 0.717) is 18.2 Å². The number of fused-ring (bicyclic) bond motifs is 2. The van der Waals surface area contributed by atoms with E-state index in [4.69, 9.17) is 21.1 Å². The quantitative estimate of drug-likeness (QED) is 0.456. The van der Waals surface area contributed by atoms with Crippen LogP contribution in [0, 0.1) is 0 Å². The maximum Gasteiger partial charge on any atom is 0.318 e. The predicted octanol–water partition coefficient (Wildman–Crippen LogP) is 4.98. The molecule has 2 heterocycles. The van der Waals surface area contributed by atoms with Crippen molar-refractivity contribution < 1.29 is 14.3 Å². The molecule has 0 radical (unpaired) electrons. The van der Waals surface area contributed by atoms with Crippen molar-refractivity contribution in [3.8, 4) is 0 Å². The molecule has 6 heteroatoms. The Morgan fingerprint density at radius 1 is 1.00 bits per heavy atom. The summed E-state index contributed by atoms with van der Waals surface area (Å²) in [5.74, 6) is -0.699. The maximum absolute atomic E-state index is 13.0. The molecule has 1 fully saturated rings. The number of halogens is 1. The Balaban J connectivity index is 1.33. The summed E-state index contributed by atoms with van der Waals surface area (Å²) < 4.78 is 11.3.